The average molecular weight is 244 g/mol. The zero-order valence-corrected chi connectivity index (χ0v) is 11.2. The van der Waals surface area contributed by atoms with Gasteiger partial charge in [0.2, 0.25) is 0 Å². The molecule has 0 aliphatic heterocycles. The Morgan fingerprint density at radius 2 is 1.71 bits per heavy atom. The quantitative estimate of drug-likeness (QED) is 0.462. The first-order chi connectivity index (χ1) is 8.06. The van der Waals surface area contributed by atoms with Crippen LogP contribution in [0.2, 0.25) is 0 Å². The molecule has 0 bridgehead atoms. The van der Waals surface area contributed by atoms with Crippen molar-refractivity contribution in [1.29, 1.82) is 0 Å². The Morgan fingerprint density at radius 3 is 2.24 bits per heavy atom. The molecule has 0 saturated heterocycles. The number of hydrogen-bond donors (Lipinski definition) is 0. The second-order valence-electron chi connectivity index (χ2n) is 4.21. The Morgan fingerprint density at radius 1 is 1.00 bits per heavy atom. The van der Waals surface area contributed by atoms with Crippen LogP contribution in [-0.4, -0.2) is 24.6 Å². The maximum atomic E-state index is 10.9. The van der Waals surface area contributed by atoms with Crippen molar-refractivity contribution in [2.75, 3.05) is 6.61 Å². The van der Waals surface area contributed by atoms with E-state index in [-0.39, 0.29) is 18.0 Å². The summed E-state index contributed by atoms with van der Waals surface area (Å²) >= 11 is 0. The summed E-state index contributed by atoms with van der Waals surface area (Å²) in [6.45, 7) is 5.43. The van der Waals surface area contributed by atoms with Crippen LogP contribution in [0.25, 0.3) is 0 Å². The molecule has 0 rings (SSSR count). The van der Waals surface area contributed by atoms with Crippen molar-refractivity contribution in [1.82, 2.24) is 0 Å². The summed E-state index contributed by atoms with van der Waals surface area (Å²) in [5, 5.41) is 0. The maximum Gasteiger partial charge on any atom is 0.302 e. The minimum atomic E-state index is -0.228. The molecule has 1 atom stereocenters. The smallest absolute Gasteiger partial charge is 0.302 e. The molecule has 0 radical (unpaired) electrons. The van der Waals surface area contributed by atoms with Crippen molar-refractivity contribution in [3.8, 4) is 0 Å². The highest BCUT2D eigenvalue weighted by molar-refractivity contribution is 5.66. The summed E-state index contributed by atoms with van der Waals surface area (Å²) in [6.07, 6.45) is 5.75. The number of carbonyl (C=O) groups is 2. The highest BCUT2D eigenvalue weighted by Crippen LogP contribution is 2.12. The summed E-state index contributed by atoms with van der Waals surface area (Å²) in [5.74, 6) is -0.433. The molecule has 4 nitrogen and oxygen atoms in total. The van der Waals surface area contributed by atoms with Crippen molar-refractivity contribution in [2.45, 2.75) is 65.4 Å². The van der Waals surface area contributed by atoms with Gasteiger partial charge in [-0.05, 0) is 32.1 Å². The fourth-order valence-corrected chi connectivity index (χ4v) is 1.69. The van der Waals surface area contributed by atoms with Gasteiger partial charge in [0.1, 0.15) is 6.10 Å². The van der Waals surface area contributed by atoms with Gasteiger partial charge in [0, 0.05) is 13.8 Å². The molecule has 4 heteroatoms. The van der Waals surface area contributed by atoms with Crippen molar-refractivity contribution in [3.05, 3.63) is 0 Å². The number of unbranched alkanes of at least 4 members (excludes halogenated alkanes) is 2. The third-order valence-corrected chi connectivity index (χ3v) is 2.42. The van der Waals surface area contributed by atoms with Crippen molar-refractivity contribution >= 4 is 11.9 Å². The molecular weight excluding hydrogens is 220 g/mol. The van der Waals surface area contributed by atoms with Gasteiger partial charge in [-0.25, -0.2) is 0 Å². The molecule has 0 amide bonds. The molecule has 0 N–H and O–H groups in total. The molecule has 0 aromatic carbocycles. The van der Waals surface area contributed by atoms with Crippen LogP contribution in [0.5, 0.6) is 0 Å². The molecule has 0 saturated carbocycles. The Balaban J connectivity index is 3.53. The van der Waals surface area contributed by atoms with Crippen LogP contribution < -0.4 is 0 Å². The van der Waals surface area contributed by atoms with Gasteiger partial charge >= 0.3 is 11.9 Å². The molecular formula is C13H24O4. The van der Waals surface area contributed by atoms with Crippen LogP contribution in [0.3, 0.4) is 0 Å². The monoisotopic (exact) mass is 244 g/mol. The first-order valence-electron chi connectivity index (χ1n) is 6.36. The van der Waals surface area contributed by atoms with Gasteiger partial charge in [-0.2, -0.15) is 0 Å². The van der Waals surface area contributed by atoms with E-state index in [2.05, 4.69) is 6.92 Å². The van der Waals surface area contributed by atoms with E-state index >= 15 is 0 Å². The third kappa shape index (κ3) is 11.2. The van der Waals surface area contributed by atoms with Gasteiger partial charge in [-0.1, -0.05) is 13.3 Å². The summed E-state index contributed by atoms with van der Waals surface area (Å²) in [4.78, 5) is 21.4. The fraction of sp³-hybridized carbons (Fsp3) is 0.846. The van der Waals surface area contributed by atoms with Gasteiger partial charge in [0.05, 0.1) is 6.61 Å². The molecule has 1 unspecified atom stereocenters. The Hall–Kier alpha value is -1.06. The largest absolute Gasteiger partial charge is 0.466 e. The summed E-state index contributed by atoms with van der Waals surface area (Å²) in [6, 6.07) is 0. The SMILES string of the molecule is CCCC(CCCCCOC(C)=O)OC(C)=O. The number of rotatable bonds is 9. The normalized spacial score (nSPS) is 11.9. The lowest BCUT2D eigenvalue weighted by molar-refractivity contribution is -0.147. The minimum Gasteiger partial charge on any atom is -0.466 e. The van der Waals surface area contributed by atoms with Gasteiger partial charge in [0.15, 0.2) is 0 Å². The number of hydrogen-bond acceptors (Lipinski definition) is 4. The maximum absolute atomic E-state index is 10.9. The van der Waals surface area contributed by atoms with Gasteiger partial charge in [0.25, 0.3) is 0 Å². The zero-order valence-electron chi connectivity index (χ0n) is 11.2. The van der Waals surface area contributed by atoms with Crippen LogP contribution in [0.4, 0.5) is 0 Å². The predicted molar refractivity (Wildman–Crippen MR) is 65.6 cm³/mol. The van der Waals surface area contributed by atoms with Crippen molar-refractivity contribution in [3.63, 3.8) is 0 Å². The predicted octanol–water partition coefficient (Wildman–Crippen LogP) is 2.84. The zero-order chi connectivity index (χ0) is 13.1. The first-order valence-corrected chi connectivity index (χ1v) is 6.36. The Kier molecular flexibility index (Phi) is 9.49. The lowest BCUT2D eigenvalue weighted by atomic mass is 10.1. The second kappa shape index (κ2) is 10.1. The molecule has 17 heavy (non-hydrogen) atoms. The summed E-state index contributed by atoms with van der Waals surface area (Å²) < 4.78 is 10.0. The average Bonchev–Trinajstić information content (AvgIpc) is 2.22. The molecule has 0 fully saturated rings. The molecule has 0 aliphatic carbocycles. The molecule has 0 heterocycles. The van der Waals surface area contributed by atoms with Crippen LogP contribution >= 0.6 is 0 Å². The molecule has 0 spiro atoms. The number of carbonyl (C=O) groups excluding carboxylic acids is 2. The number of esters is 2. The third-order valence-electron chi connectivity index (χ3n) is 2.42. The van der Waals surface area contributed by atoms with E-state index in [1.165, 1.54) is 13.8 Å². The van der Waals surface area contributed by atoms with E-state index in [1.807, 2.05) is 0 Å². The van der Waals surface area contributed by atoms with Crippen molar-refractivity contribution in [2.24, 2.45) is 0 Å². The summed E-state index contributed by atoms with van der Waals surface area (Å²) in [7, 11) is 0. The van der Waals surface area contributed by atoms with Crippen molar-refractivity contribution < 1.29 is 19.1 Å². The van der Waals surface area contributed by atoms with E-state index in [1.54, 1.807) is 0 Å². The molecule has 0 aromatic heterocycles. The Bertz CT molecular complexity index is 225. The highest BCUT2D eigenvalue weighted by atomic mass is 16.5. The topological polar surface area (TPSA) is 52.6 Å². The number of ether oxygens (including phenoxy) is 2. The van der Waals surface area contributed by atoms with Gasteiger partial charge in [-0.3, -0.25) is 9.59 Å². The van der Waals surface area contributed by atoms with Crippen LogP contribution in [0.15, 0.2) is 0 Å². The van der Waals surface area contributed by atoms with Crippen LogP contribution in [0.1, 0.15) is 59.3 Å². The van der Waals surface area contributed by atoms with E-state index in [9.17, 15) is 9.59 Å². The first kappa shape index (κ1) is 15.9. The second-order valence-corrected chi connectivity index (χ2v) is 4.21. The van der Waals surface area contributed by atoms with E-state index in [0.29, 0.717) is 6.61 Å². The van der Waals surface area contributed by atoms with Gasteiger partial charge in [-0.15, -0.1) is 0 Å². The Labute approximate surface area is 104 Å². The summed E-state index contributed by atoms with van der Waals surface area (Å²) in [5.41, 5.74) is 0. The molecule has 0 aliphatic rings. The lowest BCUT2D eigenvalue weighted by Gasteiger charge is -2.15. The van der Waals surface area contributed by atoms with Crippen LogP contribution in [-0.2, 0) is 19.1 Å². The standard InChI is InChI=1S/C13H24O4/c1-4-8-13(17-12(3)15)9-6-5-7-10-16-11(2)14/h13H,4-10H2,1-3H3. The molecule has 100 valence electrons. The lowest BCUT2D eigenvalue weighted by Crippen LogP contribution is -2.16. The molecule has 0 aromatic rings. The van der Waals surface area contributed by atoms with E-state index in [4.69, 9.17) is 9.47 Å². The van der Waals surface area contributed by atoms with Crippen LogP contribution in [0, 0.1) is 0 Å². The fourth-order valence-electron chi connectivity index (χ4n) is 1.69. The minimum absolute atomic E-state index is 0.0474. The van der Waals surface area contributed by atoms with Gasteiger partial charge < -0.3 is 9.47 Å². The van der Waals surface area contributed by atoms with E-state index < -0.39 is 0 Å². The highest BCUT2D eigenvalue weighted by Gasteiger charge is 2.10. The van der Waals surface area contributed by atoms with E-state index in [0.717, 1.165) is 38.5 Å².